The van der Waals surface area contributed by atoms with Crippen molar-refractivity contribution in [2.45, 2.75) is 6.18 Å². The molecule has 0 bridgehead atoms. The summed E-state index contributed by atoms with van der Waals surface area (Å²) < 4.78 is 60.4. The third-order valence-corrected chi connectivity index (χ3v) is 5.30. The second-order valence-corrected chi connectivity index (χ2v) is 8.51. The number of hydrogen-bond acceptors (Lipinski definition) is 8. The van der Waals surface area contributed by atoms with E-state index < -0.39 is 34.9 Å². The lowest BCUT2D eigenvalue weighted by atomic mass is 10.1. The highest BCUT2D eigenvalue weighted by Gasteiger charge is 2.31. The Labute approximate surface area is 221 Å². The Bertz CT molecular complexity index is 1340. The van der Waals surface area contributed by atoms with E-state index in [4.69, 9.17) is 4.74 Å². The van der Waals surface area contributed by atoms with Crippen molar-refractivity contribution in [3.05, 3.63) is 71.4 Å². The number of alkyl halides is 3. The molecule has 2 aromatic carbocycles. The number of hydroxylamine groups is 1. The molecule has 2 amide bonds. The third kappa shape index (κ3) is 7.85. The van der Waals surface area contributed by atoms with Gasteiger partial charge in [0.1, 0.15) is 11.6 Å². The van der Waals surface area contributed by atoms with Gasteiger partial charge in [0.05, 0.1) is 29.6 Å². The summed E-state index contributed by atoms with van der Waals surface area (Å²) in [4.78, 5) is 40.7. The van der Waals surface area contributed by atoms with Crippen LogP contribution in [-0.2, 0) is 11.0 Å². The maximum atomic E-state index is 14.6. The van der Waals surface area contributed by atoms with Gasteiger partial charge in [-0.05, 0) is 50.5 Å². The molecular weight excluding hydrogens is 524 g/mol. The zero-order valence-electron chi connectivity index (χ0n) is 21.5. The van der Waals surface area contributed by atoms with Crippen LogP contribution in [0.5, 0.6) is 11.6 Å². The van der Waals surface area contributed by atoms with E-state index in [0.717, 1.165) is 24.3 Å². The van der Waals surface area contributed by atoms with Crippen molar-refractivity contribution >= 4 is 23.2 Å². The number of benzene rings is 2. The molecule has 1 aromatic heterocycles. The maximum Gasteiger partial charge on any atom is 0.416 e. The van der Waals surface area contributed by atoms with E-state index in [1.54, 1.807) is 11.9 Å². The quantitative estimate of drug-likeness (QED) is 0.289. The second kappa shape index (κ2) is 12.5. The average Bonchev–Trinajstić information content (AvgIpc) is 2.88. The minimum Gasteiger partial charge on any atom is -0.439 e. The fraction of sp³-hybridized carbons (Fsp3) is 0.280. The van der Waals surface area contributed by atoms with Gasteiger partial charge in [0.2, 0.25) is 11.7 Å². The number of likely N-dealkylation sites (N-methyl/N-ethyl adjacent to an activating group) is 2. The van der Waals surface area contributed by atoms with Gasteiger partial charge in [0, 0.05) is 32.4 Å². The van der Waals surface area contributed by atoms with E-state index in [0.29, 0.717) is 18.8 Å². The van der Waals surface area contributed by atoms with Crippen LogP contribution in [0.25, 0.3) is 0 Å². The van der Waals surface area contributed by atoms with E-state index >= 15 is 0 Å². The molecule has 0 atom stereocenters. The number of anilines is 2. The number of aromatic nitrogens is 2. The highest BCUT2D eigenvalue weighted by atomic mass is 19.4. The van der Waals surface area contributed by atoms with Gasteiger partial charge >= 0.3 is 12.1 Å². The van der Waals surface area contributed by atoms with Gasteiger partial charge in [-0.15, -0.1) is 0 Å². The molecule has 0 fully saturated rings. The van der Waals surface area contributed by atoms with Crippen LogP contribution in [0.4, 0.5) is 28.9 Å². The first-order chi connectivity index (χ1) is 18.4. The second-order valence-electron chi connectivity index (χ2n) is 8.51. The van der Waals surface area contributed by atoms with Crippen LogP contribution in [-0.4, -0.2) is 68.0 Å². The number of rotatable bonds is 10. The van der Waals surface area contributed by atoms with Gasteiger partial charge in [-0.1, -0.05) is 0 Å². The number of halogens is 4. The largest absolute Gasteiger partial charge is 0.439 e. The SMILES string of the molecule is CONC(=O)c1nccc(Oc2ccc(F)c(C(=O)Nc3cc(C(F)(F)F)ccc3N(C)CCN(C)C)c2)n1. The molecule has 10 nitrogen and oxygen atoms in total. The molecule has 39 heavy (non-hydrogen) atoms. The molecule has 0 saturated carbocycles. The highest BCUT2D eigenvalue weighted by molar-refractivity contribution is 6.06. The first-order valence-corrected chi connectivity index (χ1v) is 11.4. The summed E-state index contributed by atoms with van der Waals surface area (Å²) in [5, 5.41) is 2.40. The Morgan fingerprint density at radius 2 is 1.74 bits per heavy atom. The van der Waals surface area contributed by atoms with Gasteiger partial charge in [-0.2, -0.15) is 18.2 Å². The number of nitrogens with zero attached hydrogens (tertiary/aromatic N) is 4. The first kappa shape index (κ1) is 29.3. The molecule has 2 N–H and O–H groups in total. The minimum atomic E-state index is -4.66. The van der Waals surface area contributed by atoms with E-state index in [-0.39, 0.29) is 23.1 Å². The molecule has 3 rings (SSSR count). The lowest BCUT2D eigenvalue weighted by molar-refractivity contribution is -0.137. The topological polar surface area (TPSA) is 109 Å². The molecule has 0 radical (unpaired) electrons. The molecular formula is C25H26F4N6O4. The van der Waals surface area contributed by atoms with E-state index in [1.807, 2.05) is 24.5 Å². The summed E-state index contributed by atoms with van der Waals surface area (Å²) in [7, 11) is 6.59. The van der Waals surface area contributed by atoms with Gasteiger partial charge in [0.15, 0.2) is 0 Å². The molecule has 0 spiro atoms. The van der Waals surface area contributed by atoms with Crippen LogP contribution in [0.3, 0.4) is 0 Å². The normalized spacial score (nSPS) is 11.3. The standard InChI is InChI=1S/C25H26F4N6O4/c1-34(2)11-12-35(3)20-8-5-15(25(27,28)29)13-19(20)31-23(36)17-14-16(6-7-18(17)26)39-21-9-10-30-22(32-21)24(37)33-38-4/h5-10,13-14H,11-12H2,1-4H3,(H,31,36)(H,33,37). The molecule has 0 aliphatic rings. The lowest BCUT2D eigenvalue weighted by Gasteiger charge is -2.25. The number of hydrogen-bond donors (Lipinski definition) is 2. The van der Waals surface area contributed by atoms with Crippen molar-refractivity contribution in [1.29, 1.82) is 0 Å². The Morgan fingerprint density at radius 3 is 2.41 bits per heavy atom. The molecule has 0 aliphatic carbocycles. The molecule has 14 heteroatoms. The zero-order chi connectivity index (χ0) is 28.7. The van der Waals surface area contributed by atoms with E-state index in [2.05, 4.69) is 20.1 Å². The molecule has 0 unspecified atom stereocenters. The van der Waals surface area contributed by atoms with Crippen molar-refractivity contribution in [3.63, 3.8) is 0 Å². The number of amides is 2. The fourth-order valence-electron chi connectivity index (χ4n) is 3.31. The van der Waals surface area contributed by atoms with E-state index in [1.165, 1.54) is 31.5 Å². The van der Waals surface area contributed by atoms with Gasteiger partial charge in [-0.3, -0.25) is 14.4 Å². The van der Waals surface area contributed by atoms with Crippen LogP contribution in [0.2, 0.25) is 0 Å². The Hall–Kier alpha value is -4.30. The lowest BCUT2D eigenvalue weighted by Crippen LogP contribution is -2.29. The van der Waals surface area contributed by atoms with Crippen molar-refractivity contribution in [2.75, 3.05) is 51.6 Å². The van der Waals surface area contributed by atoms with Crippen molar-refractivity contribution in [3.8, 4) is 11.6 Å². The molecule has 208 valence electrons. The monoisotopic (exact) mass is 550 g/mol. The summed E-state index contributed by atoms with van der Waals surface area (Å²) >= 11 is 0. The van der Waals surface area contributed by atoms with Crippen LogP contribution in [0, 0.1) is 5.82 Å². The van der Waals surface area contributed by atoms with Crippen molar-refractivity contribution in [2.24, 2.45) is 0 Å². The van der Waals surface area contributed by atoms with Gasteiger partial charge in [0.25, 0.3) is 5.91 Å². The maximum absolute atomic E-state index is 14.6. The van der Waals surface area contributed by atoms with Crippen LogP contribution in [0.15, 0.2) is 48.7 Å². The first-order valence-electron chi connectivity index (χ1n) is 11.4. The van der Waals surface area contributed by atoms with Crippen molar-refractivity contribution in [1.82, 2.24) is 20.3 Å². The van der Waals surface area contributed by atoms with Crippen LogP contribution in [0.1, 0.15) is 26.5 Å². The van der Waals surface area contributed by atoms with Crippen LogP contribution < -0.4 is 20.4 Å². The smallest absolute Gasteiger partial charge is 0.416 e. The number of carbonyl (C=O) groups excluding carboxylic acids is 2. The molecule has 1 heterocycles. The van der Waals surface area contributed by atoms with Crippen molar-refractivity contribution < 1.29 is 36.7 Å². The zero-order valence-corrected chi connectivity index (χ0v) is 21.5. The fourth-order valence-corrected chi connectivity index (χ4v) is 3.31. The predicted octanol–water partition coefficient (Wildman–Crippen LogP) is 3.97. The molecule has 3 aromatic rings. The number of nitrogens with one attached hydrogen (secondary N) is 2. The Kier molecular flexibility index (Phi) is 9.37. The highest BCUT2D eigenvalue weighted by Crippen LogP contribution is 2.35. The van der Waals surface area contributed by atoms with E-state index in [9.17, 15) is 27.2 Å². The van der Waals surface area contributed by atoms with Crippen LogP contribution >= 0.6 is 0 Å². The summed E-state index contributed by atoms with van der Waals surface area (Å²) in [5.74, 6) is -3.06. The average molecular weight is 551 g/mol. The summed E-state index contributed by atoms with van der Waals surface area (Å²) in [6, 6.07) is 7.51. The summed E-state index contributed by atoms with van der Waals surface area (Å²) in [5.41, 5.74) is 0.753. The Morgan fingerprint density at radius 1 is 1.00 bits per heavy atom. The number of ether oxygens (including phenoxy) is 1. The van der Waals surface area contributed by atoms with Gasteiger partial charge in [-0.25, -0.2) is 14.9 Å². The summed E-state index contributed by atoms with van der Waals surface area (Å²) in [6.07, 6.45) is -3.41. The molecule has 0 aliphatic heterocycles. The number of carbonyl (C=O) groups is 2. The minimum absolute atomic E-state index is 0.0225. The molecule has 0 saturated heterocycles. The third-order valence-electron chi connectivity index (χ3n) is 5.30. The summed E-state index contributed by atoms with van der Waals surface area (Å²) in [6.45, 7) is 1.04. The Balaban J connectivity index is 1.89. The predicted molar refractivity (Wildman–Crippen MR) is 134 cm³/mol. The van der Waals surface area contributed by atoms with Gasteiger partial charge < -0.3 is 19.9 Å².